The van der Waals surface area contributed by atoms with Crippen LogP contribution in [0.1, 0.15) is 18.1 Å². The highest BCUT2D eigenvalue weighted by atomic mass is 79.9. The van der Waals surface area contributed by atoms with Crippen molar-refractivity contribution in [1.82, 2.24) is 9.55 Å². The Kier molecular flexibility index (Phi) is 5.98. The lowest BCUT2D eigenvalue weighted by Gasteiger charge is -2.11. The summed E-state index contributed by atoms with van der Waals surface area (Å²) < 4.78 is 26.4. The minimum atomic E-state index is -0.336. The summed E-state index contributed by atoms with van der Waals surface area (Å²) in [5.74, 6) is 0.372. The summed E-state index contributed by atoms with van der Waals surface area (Å²) in [4.78, 5) is 4.42. The Bertz CT molecular complexity index is 619. The van der Waals surface area contributed by atoms with Gasteiger partial charge in [0.1, 0.15) is 11.6 Å². The summed E-state index contributed by atoms with van der Waals surface area (Å²) in [7, 11) is 1.63. The van der Waals surface area contributed by atoms with E-state index in [1.165, 1.54) is 6.07 Å². The zero-order valence-corrected chi connectivity index (χ0v) is 14.2. The predicted molar refractivity (Wildman–Crippen MR) is 84.4 cm³/mol. The molecule has 0 fully saturated rings. The van der Waals surface area contributed by atoms with Crippen molar-refractivity contribution in [2.75, 3.05) is 26.9 Å². The van der Waals surface area contributed by atoms with E-state index in [1.807, 2.05) is 11.5 Å². The van der Waals surface area contributed by atoms with E-state index in [0.717, 1.165) is 5.52 Å². The Labute approximate surface area is 136 Å². The molecular formula is C14H17BrClFN2O2. The lowest BCUT2D eigenvalue weighted by atomic mass is 10.3. The van der Waals surface area contributed by atoms with Gasteiger partial charge in [-0.05, 0) is 28.9 Å². The van der Waals surface area contributed by atoms with Crippen LogP contribution < -0.4 is 0 Å². The molecule has 0 aliphatic carbocycles. The van der Waals surface area contributed by atoms with Gasteiger partial charge >= 0.3 is 0 Å². The number of nitrogens with zero attached hydrogens (tertiary/aromatic N) is 2. The molecule has 4 nitrogen and oxygen atoms in total. The van der Waals surface area contributed by atoms with E-state index in [2.05, 4.69) is 20.9 Å². The van der Waals surface area contributed by atoms with Gasteiger partial charge in [-0.25, -0.2) is 9.37 Å². The van der Waals surface area contributed by atoms with Gasteiger partial charge in [0.25, 0.3) is 0 Å². The van der Waals surface area contributed by atoms with Gasteiger partial charge in [0.15, 0.2) is 0 Å². The van der Waals surface area contributed by atoms with Gasteiger partial charge in [-0.15, -0.1) is 11.6 Å². The number of imidazole rings is 1. The molecule has 1 unspecified atom stereocenters. The summed E-state index contributed by atoms with van der Waals surface area (Å²) in [5.41, 5.74) is 1.43. The third kappa shape index (κ3) is 3.94. The summed E-state index contributed by atoms with van der Waals surface area (Å²) in [6.07, 6.45) is 0. The van der Waals surface area contributed by atoms with E-state index in [-0.39, 0.29) is 11.2 Å². The van der Waals surface area contributed by atoms with Gasteiger partial charge < -0.3 is 14.0 Å². The standard InChI is InChI=1S/C14H17BrClFN2O2/c1-9(16)14-18-12-8-11(17)10(15)7-13(12)19(14)3-4-21-6-5-20-2/h7-9H,3-6H2,1-2H3. The number of halogens is 3. The molecule has 0 aliphatic heterocycles. The third-order valence-corrected chi connectivity index (χ3v) is 3.87. The number of rotatable bonds is 7. The van der Waals surface area contributed by atoms with Crippen LogP contribution in [0.3, 0.4) is 0 Å². The molecule has 0 spiro atoms. The van der Waals surface area contributed by atoms with E-state index < -0.39 is 0 Å². The molecule has 1 aromatic heterocycles. The first-order valence-electron chi connectivity index (χ1n) is 6.60. The highest BCUT2D eigenvalue weighted by Crippen LogP contribution is 2.28. The summed E-state index contributed by atoms with van der Waals surface area (Å²) in [6.45, 7) is 4.05. The van der Waals surface area contributed by atoms with Crippen molar-refractivity contribution in [1.29, 1.82) is 0 Å². The molecule has 0 saturated carbocycles. The van der Waals surface area contributed by atoms with Crippen LogP contribution in [-0.4, -0.2) is 36.5 Å². The first-order chi connectivity index (χ1) is 10.0. The van der Waals surface area contributed by atoms with Crippen molar-refractivity contribution < 1.29 is 13.9 Å². The summed E-state index contributed by atoms with van der Waals surface area (Å²) >= 11 is 9.37. The second kappa shape index (κ2) is 7.54. The number of alkyl halides is 1. The smallest absolute Gasteiger partial charge is 0.139 e. The second-order valence-corrected chi connectivity index (χ2v) is 6.11. The van der Waals surface area contributed by atoms with Crippen molar-refractivity contribution >= 4 is 38.6 Å². The quantitative estimate of drug-likeness (QED) is 0.541. The molecule has 0 bridgehead atoms. The minimum absolute atomic E-state index is 0.266. The van der Waals surface area contributed by atoms with Crippen molar-refractivity contribution in [2.45, 2.75) is 18.8 Å². The number of hydrogen-bond acceptors (Lipinski definition) is 3. The maximum absolute atomic E-state index is 13.6. The van der Waals surface area contributed by atoms with Crippen LogP contribution in [0.15, 0.2) is 16.6 Å². The summed E-state index contributed by atoms with van der Waals surface area (Å²) in [6, 6.07) is 3.13. The maximum Gasteiger partial charge on any atom is 0.139 e. The highest BCUT2D eigenvalue weighted by Gasteiger charge is 2.16. The van der Waals surface area contributed by atoms with Gasteiger partial charge in [0.2, 0.25) is 0 Å². The number of fused-ring (bicyclic) bond motifs is 1. The fraction of sp³-hybridized carbons (Fsp3) is 0.500. The molecule has 1 atom stereocenters. The number of hydrogen-bond donors (Lipinski definition) is 0. The monoisotopic (exact) mass is 378 g/mol. The summed E-state index contributed by atoms with van der Waals surface area (Å²) in [5, 5.41) is -0.266. The molecule has 2 rings (SSSR count). The van der Waals surface area contributed by atoms with Crippen molar-refractivity contribution in [3.8, 4) is 0 Å². The van der Waals surface area contributed by atoms with Gasteiger partial charge in [-0.1, -0.05) is 0 Å². The predicted octanol–water partition coefficient (Wildman–Crippen LogP) is 3.90. The van der Waals surface area contributed by atoms with Gasteiger partial charge in [-0.3, -0.25) is 0 Å². The van der Waals surface area contributed by atoms with E-state index in [9.17, 15) is 4.39 Å². The van der Waals surface area contributed by atoms with E-state index in [0.29, 0.717) is 42.2 Å². The molecule has 7 heteroatoms. The third-order valence-electron chi connectivity index (χ3n) is 3.07. The molecular weight excluding hydrogens is 363 g/mol. The van der Waals surface area contributed by atoms with Crippen LogP contribution in [0.25, 0.3) is 11.0 Å². The van der Waals surface area contributed by atoms with Crippen LogP contribution in [0, 0.1) is 5.82 Å². The SMILES string of the molecule is COCCOCCn1c(C(C)Cl)nc2cc(F)c(Br)cc21. The molecule has 0 amide bonds. The number of ether oxygens (including phenoxy) is 2. The maximum atomic E-state index is 13.6. The molecule has 116 valence electrons. The Morgan fingerprint density at radius 1 is 1.38 bits per heavy atom. The molecule has 0 aliphatic rings. The van der Waals surface area contributed by atoms with E-state index in [4.69, 9.17) is 21.1 Å². The van der Waals surface area contributed by atoms with Gasteiger partial charge in [0, 0.05) is 19.7 Å². The van der Waals surface area contributed by atoms with Crippen LogP contribution in [0.4, 0.5) is 4.39 Å². The molecule has 0 saturated heterocycles. The number of aromatic nitrogens is 2. The van der Waals surface area contributed by atoms with Crippen LogP contribution >= 0.6 is 27.5 Å². The van der Waals surface area contributed by atoms with Crippen LogP contribution in [0.2, 0.25) is 0 Å². The molecule has 21 heavy (non-hydrogen) atoms. The van der Waals surface area contributed by atoms with Crippen LogP contribution in [-0.2, 0) is 16.0 Å². The fourth-order valence-electron chi connectivity index (χ4n) is 2.08. The Morgan fingerprint density at radius 2 is 2.14 bits per heavy atom. The van der Waals surface area contributed by atoms with Gasteiger partial charge in [0.05, 0.1) is 40.7 Å². The molecule has 2 aromatic rings. The van der Waals surface area contributed by atoms with Crippen LogP contribution in [0.5, 0.6) is 0 Å². The Hall–Kier alpha value is -0.690. The topological polar surface area (TPSA) is 36.3 Å². The second-order valence-electron chi connectivity index (χ2n) is 4.60. The highest BCUT2D eigenvalue weighted by molar-refractivity contribution is 9.10. The zero-order chi connectivity index (χ0) is 15.4. The zero-order valence-electron chi connectivity index (χ0n) is 11.9. The Morgan fingerprint density at radius 3 is 2.81 bits per heavy atom. The van der Waals surface area contributed by atoms with E-state index >= 15 is 0 Å². The molecule has 1 heterocycles. The molecule has 1 aromatic carbocycles. The molecule has 0 N–H and O–H groups in total. The first kappa shape index (κ1) is 16.7. The average molecular weight is 380 g/mol. The minimum Gasteiger partial charge on any atom is -0.382 e. The van der Waals surface area contributed by atoms with Crippen molar-refractivity contribution in [2.24, 2.45) is 0 Å². The normalized spacial score (nSPS) is 13.0. The lowest BCUT2D eigenvalue weighted by molar-refractivity contribution is 0.0667. The van der Waals surface area contributed by atoms with Crippen molar-refractivity contribution in [3.63, 3.8) is 0 Å². The lowest BCUT2D eigenvalue weighted by Crippen LogP contribution is -2.12. The average Bonchev–Trinajstić information content (AvgIpc) is 2.77. The fourth-order valence-corrected chi connectivity index (χ4v) is 2.58. The number of methoxy groups -OCH3 is 1. The van der Waals surface area contributed by atoms with Crippen molar-refractivity contribution in [3.05, 3.63) is 28.2 Å². The van der Waals surface area contributed by atoms with Gasteiger partial charge in [-0.2, -0.15) is 0 Å². The van der Waals surface area contributed by atoms with E-state index in [1.54, 1.807) is 13.2 Å². The molecule has 0 radical (unpaired) electrons. The Balaban J connectivity index is 2.26. The largest absolute Gasteiger partial charge is 0.382 e. The number of benzene rings is 1. The first-order valence-corrected chi connectivity index (χ1v) is 7.83.